The van der Waals surface area contributed by atoms with Crippen LogP contribution in [0.5, 0.6) is 5.75 Å². The van der Waals surface area contributed by atoms with E-state index in [1.165, 1.54) is 17.7 Å². The molecule has 1 aliphatic rings. The van der Waals surface area contributed by atoms with Gasteiger partial charge in [-0.25, -0.2) is 4.98 Å². The van der Waals surface area contributed by atoms with E-state index in [-0.39, 0.29) is 5.91 Å². The lowest BCUT2D eigenvalue weighted by molar-refractivity contribution is 0.102. The van der Waals surface area contributed by atoms with Crippen LogP contribution in [0.2, 0.25) is 0 Å². The zero-order chi connectivity index (χ0) is 14.7. The van der Waals surface area contributed by atoms with E-state index >= 15 is 0 Å². The second kappa shape index (κ2) is 6.26. The summed E-state index contributed by atoms with van der Waals surface area (Å²) in [5.74, 6) is 0.448. The third-order valence-corrected chi connectivity index (χ3v) is 4.57. The molecule has 0 unspecified atom stereocenters. The van der Waals surface area contributed by atoms with Gasteiger partial charge in [-0.05, 0) is 44.7 Å². The maximum Gasteiger partial charge on any atom is 0.261 e. The first-order chi connectivity index (χ1) is 10.3. The first kappa shape index (κ1) is 14.1. The van der Waals surface area contributed by atoms with Gasteiger partial charge in [0.05, 0.1) is 17.9 Å². The highest BCUT2D eigenvalue weighted by molar-refractivity contribution is 7.15. The molecule has 2 aromatic rings. The number of carbonyl (C=O) groups excluding carboxylic acids is 1. The first-order valence-electron chi connectivity index (χ1n) is 7.29. The summed E-state index contributed by atoms with van der Waals surface area (Å²) in [6, 6.07) is 7.29. The molecule has 1 heterocycles. The number of ether oxygens (including phenoxy) is 1. The molecule has 0 radical (unpaired) electrons. The second-order valence-electron chi connectivity index (χ2n) is 4.98. The molecular weight excluding hydrogens is 284 g/mol. The molecule has 110 valence electrons. The zero-order valence-corrected chi connectivity index (χ0v) is 12.8. The average Bonchev–Trinajstić information content (AvgIpc) is 2.90. The summed E-state index contributed by atoms with van der Waals surface area (Å²) in [5.41, 5.74) is 1.70. The standard InChI is InChI=1S/C16H18N2O2S/c1-2-20-13-9-5-3-7-11(13)15(19)18-16-17-12-8-4-6-10-14(12)21-16/h3,5,7,9H,2,4,6,8,10H2,1H3,(H,17,18,19). The van der Waals surface area contributed by atoms with Crippen LogP contribution < -0.4 is 10.1 Å². The number of anilines is 1. The molecule has 1 aliphatic carbocycles. The van der Waals surface area contributed by atoms with E-state index in [4.69, 9.17) is 4.74 Å². The summed E-state index contributed by atoms with van der Waals surface area (Å²) in [4.78, 5) is 18.3. The number of nitrogens with zero attached hydrogens (tertiary/aromatic N) is 1. The van der Waals surface area contributed by atoms with Crippen LogP contribution in [0.15, 0.2) is 24.3 Å². The molecule has 21 heavy (non-hydrogen) atoms. The van der Waals surface area contributed by atoms with Gasteiger partial charge in [-0.2, -0.15) is 0 Å². The lowest BCUT2D eigenvalue weighted by atomic mass is 10.0. The number of hydrogen-bond acceptors (Lipinski definition) is 4. The number of aromatic nitrogens is 1. The molecule has 0 fully saturated rings. The number of aryl methyl sites for hydroxylation is 2. The third-order valence-electron chi connectivity index (χ3n) is 3.50. The largest absolute Gasteiger partial charge is 0.493 e. The van der Waals surface area contributed by atoms with Crippen LogP contribution in [0.3, 0.4) is 0 Å². The molecule has 1 amide bonds. The van der Waals surface area contributed by atoms with Gasteiger partial charge in [-0.15, -0.1) is 11.3 Å². The van der Waals surface area contributed by atoms with Crippen LogP contribution in [0.4, 0.5) is 5.13 Å². The number of thiazole rings is 1. The molecular formula is C16H18N2O2S. The van der Waals surface area contributed by atoms with Crippen LogP contribution in [-0.4, -0.2) is 17.5 Å². The smallest absolute Gasteiger partial charge is 0.261 e. The van der Waals surface area contributed by atoms with Crippen LogP contribution in [0.25, 0.3) is 0 Å². The number of fused-ring (bicyclic) bond motifs is 1. The van der Waals surface area contributed by atoms with Gasteiger partial charge in [-0.1, -0.05) is 12.1 Å². The summed E-state index contributed by atoms with van der Waals surface area (Å²) in [7, 11) is 0. The molecule has 5 heteroatoms. The molecule has 1 N–H and O–H groups in total. The summed E-state index contributed by atoms with van der Waals surface area (Å²) in [6.45, 7) is 2.44. The fourth-order valence-electron chi connectivity index (χ4n) is 2.51. The Morgan fingerprint density at radius 3 is 2.95 bits per heavy atom. The molecule has 3 rings (SSSR count). The molecule has 0 spiro atoms. The summed E-state index contributed by atoms with van der Waals surface area (Å²) in [6.07, 6.45) is 4.52. The van der Waals surface area contributed by atoms with E-state index in [0.717, 1.165) is 18.5 Å². The Morgan fingerprint density at radius 1 is 1.33 bits per heavy atom. The summed E-state index contributed by atoms with van der Waals surface area (Å²) in [5, 5.41) is 3.60. The van der Waals surface area contributed by atoms with Crippen LogP contribution in [0.1, 0.15) is 40.7 Å². The van der Waals surface area contributed by atoms with Crippen molar-refractivity contribution in [2.45, 2.75) is 32.6 Å². The molecule has 4 nitrogen and oxygen atoms in total. The Bertz CT molecular complexity index is 628. The Labute approximate surface area is 128 Å². The van der Waals surface area contributed by atoms with E-state index < -0.39 is 0 Å². The summed E-state index contributed by atoms with van der Waals surface area (Å²) < 4.78 is 5.50. The van der Waals surface area contributed by atoms with Crippen molar-refractivity contribution in [3.8, 4) is 5.75 Å². The third kappa shape index (κ3) is 3.08. The number of para-hydroxylation sites is 1. The van der Waals surface area contributed by atoms with Crippen molar-refractivity contribution < 1.29 is 9.53 Å². The van der Waals surface area contributed by atoms with Crippen molar-refractivity contribution in [3.63, 3.8) is 0 Å². The van der Waals surface area contributed by atoms with Gasteiger partial charge in [0.15, 0.2) is 5.13 Å². The minimum atomic E-state index is -0.162. The Morgan fingerprint density at radius 2 is 2.14 bits per heavy atom. The highest BCUT2D eigenvalue weighted by Crippen LogP contribution is 2.30. The molecule has 0 saturated carbocycles. The Hall–Kier alpha value is -1.88. The number of hydrogen-bond donors (Lipinski definition) is 1. The fourth-order valence-corrected chi connectivity index (χ4v) is 3.55. The lowest BCUT2D eigenvalue weighted by Gasteiger charge is -2.08. The minimum Gasteiger partial charge on any atom is -0.493 e. The SMILES string of the molecule is CCOc1ccccc1C(=O)Nc1nc2c(s1)CCCC2. The van der Waals surface area contributed by atoms with Crippen molar-refractivity contribution in [1.82, 2.24) is 4.98 Å². The van der Waals surface area contributed by atoms with Crippen molar-refractivity contribution in [1.29, 1.82) is 0 Å². The summed E-state index contributed by atoms with van der Waals surface area (Å²) >= 11 is 1.59. The van der Waals surface area contributed by atoms with Gasteiger partial charge in [-0.3, -0.25) is 10.1 Å². The second-order valence-corrected chi connectivity index (χ2v) is 6.06. The van der Waals surface area contributed by atoms with E-state index in [1.807, 2.05) is 25.1 Å². The van der Waals surface area contributed by atoms with Gasteiger partial charge < -0.3 is 4.74 Å². The number of rotatable bonds is 4. The number of benzene rings is 1. The first-order valence-corrected chi connectivity index (χ1v) is 8.11. The quantitative estimate of drug-likeness (QED) is 0.937. The average molecular weight is 302 g/mol. The van der Waals surface area contributed by atoms with Crippen molar-refractivity contribution in [3.05, 3.63) is 40.4 Å². The minimum absolute atomic E-state index is 0.162. The van der Waals surface area contributed by atoms with Gasteiger partial charge in [0.1, 0.15) is 5.75 Å². The van der Waals surface area contributed by atoms with Gasteiger partial charge in [0.25, 0.3) is 5.91 Å². The van der Waals surface area contributed by atoms with Gasteiger partial charge in [0, 0.05) is 4.88 Å². The topological polar surface area (TPSA) is 51.2 Å². The predicted molar refractivity (Wildman–Crippen MR) is 84.3 cm³/mol. The Balaban J connectivity index is 1.78. The highest BCUT2D eigenvalue weighted by atomic mass is 32.1. The zero-order valence-electron chi connectivity index (χ0n) is 12.0. The van der Waals surface area contributed by atoms with Crippen LogP contribution in [-0.2, 0) is 12.8 Å². The molecule has 0 atom stereocenters. The maximum atomic E-state index is 12.4. The van der Waals surface area contributed by atoms with Crippen LogP contribution >= 0.6 is 11.3 Å². The normalized spacial score (nSPS) is 13.6. The fraction of sp³-hybridized carbons (Fsp3) is 0.375. The van der Waals surface area contributed by atoms with Crippen molar-refractivity contribution >= 4 is 22.4 Å². The molecule has 0 aliphatic heterocycles. The number of nitrogens with one attached hydrogen (secondary N) is 1. The van der Waals surface area contributed by atoms with E-state index in [9.17, 15) is 4.79 Å². The van der Waals surface area contributed by atoms with E-state index in [2.05, 4.69) is 10.3 Å². The molecule has 0 bridgehead atoms. The van der Waals surface area contributed by atoms with Gasteiger partial charge >= 0.3 is 0 Å². The van der Waals surface area contributed by atoms with E-state index in [0.29, 0.717) is 23.1 Å². The van der Waals surface area contributed by atoms with E-state index in [1.54, 1.807) is 17.4 Å². The predicted octanol–water partition coefficient (Wildman–Crippen LogP) is 3.67. The van der Waals surface area contributed by atoms with Crippen LogP contribution in [0, 0.1) is 0 Å². The Kier molecular flexibility index (Phi) is 4.20. The van der Waals surface area contributed by atoms with Crippen molar-refractivity contribution in [2.24, 2.45) is 0 Å². The lowest BCUT2D eigenvalue weighted by Crippen LogP contribution is -2.13. The highest BCUT2D eigenvalue weighted by Gasteiger charge is 2.18. The van der Waals surface area contributed by atoms with Crippen molar-refractivity contribution in [2.75, 3.05) is 11.9 Å². The number of carbonyl (C=O) groups is 1. The molecule has 1 aromatic heterocycles. The monoisotopic (exact) mass is 302 g/mol. The molecule has 1 aromatic carbocycles. The maximum absolute atomic E-state index is 12.4. The number of amides is 1. The molecule has 0 saturated heterocycles. The van der Waals surface area contributed by atoms with Gasteiger partial charge in [0.2, 0.25) is 0 Å².